The molecule has 0 spiro atoms. The van der Waals surface area contributed by atoms with Gasteiger partial charge in [0, 0.05) is 31.4 Å². The van der Waals surface area contributed by atoms with Crippen LogP contribution in [0.1, 0.15) is 46.9 Å². The zero-order valence-electron chi connectivity index (χ0n) is 16.1. The van der Waals surface area contributed by atoms with Crippen LogP contribution < -0.4 is 15.5 Å². The van der Waals surface area contributed by atoms with Crippen molar-refractivity contribution < 1.29 is 9.59 Å². The Balaban J connectivity index is 1.61. The molecule has 0 aliphatic carbocycles. The highest BCUT2D eigenvalue weighted by Crippen LogP contribution is 2.25. The SMILES string of the molecule is CCCNC(=O)c1ccccc1N1CCC(NC(=O)c2ccccc2Cl)CC1. The van der Waals surface area contributed by atoms with E-state index in [1.807, 2.05) is 43.3 Å². The van der Waals surface area contributed by atoms with Gasteiger partial charge >= 0.3 is 0 Å². The monoisotopic (exact) mass is 399 g/mol. The first-order valence-electron chi connectivity index (χ1n) is 9.77. The summed E-state index contributed by atoms with van der Waals surface area (Å²) >= 11 is 6.12. The Kier molecular flexibility index (Phi) is 6.93. The number of halogens is 1. The first kappa shape index (κ1) is 20.2. The summed E-state index contributed by atoms with van der Waals surface area (Å²) in [6.45, 7) is 4.27. The number of nitrogens with zero attached hydrogens (tertiary/aromatic N) is 1. The van der Waals surface area contributed by atoms with E-state index in [9.17, 15) is 9.59 Å². The number of carbonyl (C=O) groups excluding carboxylic acids is 2. The van der Waals surface area contributed by atoms with Gasteiger partial charge in [-0.2, -0.15) is 0 Å². The van der Waals surface area contributed by atoms with Gasteiger partial charge in [0.1, 0.15) is 0 Å². The average molecular weight is 400 g/mol. The number of benzene rings is 2. The number of piperidine rings is 1. The summed E-state index contributed by atoms with van der Waals surface area (Å²) in [5.74, 6) is -0.171. The molecule has 0 saturated carbocycles. The Morgan fingerprint density at radius 3 is 2.32 bits per heavy atom. The van der Waals surface area contributed by atoms with Gasteiger partial charge in [0.25, 0.3) is 11.8 Å². The Hall–Kier alpha value is -2.53. The van der Waals surface area contributed by atoms with Crippen molar-refractivity contribution in [3.8, 4) is 0 Å². The second-order valence-corrected chi connectivity index (χ2v) is 7.39. The van der Waals surface area contributed by atoms with E-state index in [1.54, 1.807) is 12.1 Å². The molecule has 0 bridgehead atoms. The van der Waals surface area contributed by atoms with Gasteiger partial charge < -0.3 is 15.5 Å². The fourth-order valence-corrected chi connectivity index (χ4v) is 3.67. The van der Waals surface area contributed by atoms with Crippen molar-refractivity contribution in [3.05, 3.63) is 64.7 Å². The van der Waals surface area contributed by atoms with Crippen LogP contribution in [0.5, 0.6) is 0 Å². The molecule has 2 amide bonds. The molecule has 2 N–H and O–H groups in total. The largest absolute Gasteiger partial charge is 0.371 e. The smallest absolute Gasteiger partial charge is 0.253 e. The summed E-state index contributed by atoms with van der Waals surface area (Å²) < 4.78 is 0. The molecule has 0 radical (unpaired) electrons. The van der Waals surface area contributed by atoms with Crippen molar-refractivity contribution in [1.82, 2.24) is 10.6 Å². The number of hydrogen-bond acceptors (Lipinski definition) is 3. The van der Waals surface area contributed by atoms with E-state index in [2.05, 4.69) is 15.5 Å². The minimum atomic E-state index is -0.136. The van der Waals surface area contributed by atoms with Crippen molar-refractivity contribution in [2.24, 2.45) is 0 Å². The van der Waals surface area contributed by atoms with E-state index in [0.29, 0.717) is 22.7 Å². The lowest BCUT2D eigenvalue weighted by molar-refractivity contribution is 0.0929. The van der Waals surface area contributed by atoms with E-state index < -0.39 is 0 Å². The van der Waals surface area contributed by atoms with Crippen molar-refractivity contribution in [2.45, 2.75) is 32.2 Å². The molecule has 2 aromatic rings. The van der Waals surface area contributed by atoms with Crippen molar-refractivity contribution in [1.29, 1.82) is 0 Å². The van der Waals surface area contributed by atoms with Crippen LogP contribution in [0.25, 0.3) is 0 Å². The molecule has 0 atom stereocenters. The maximum absolute atomic E-state index is 12.5. The van der Waals surface area contributed by atoms with E-state index in [-0.39, 0.29) is 17.9 Å². The highest BCUT2D eigenvalue weighted by atomic mass is 35.5. The molecule has 1 fully saturated rings. The lowest BCUT2D eigenvalue weighted by Crippen LogP contribution is -2.45. The first-order valence-corrected chi connectivity index (χ1v) is 10.2. The Morgan fingerprint density at radius 2 is 1.64 bits per heavy atom. The quantitative estimate of drug-likeness (QED) is 0.774. The number of anilines is 1. The van der Waals surface area contributed by atoms with Gasteiger partial charge in [0.2, 0.25) is 0 Å². The number of para-hydroxylation sites is 1. The predicted octanol–water partition coefficient (Wildman–Crippen LogP) is 3.88. The minimum absolute atomic E-state index is 0.0356. The molecule has 1 heterocycles. The van der Waals surface area contributed by atoms with Gasteiger partial charge in [0.15, 0.2) is 0 Å². The lowest BCUT2D eigenvalue weighted by atomic mass is 10.0. The first-order chi connectivity index (χ1) is 13.6. The number of hydrogen-bond donors (Lipinski definition) is 2. The number of amides is 2. The molecular formula is C22H26ClN3O2. The summed E-state index contributed by atoms with van der Waals surface area (Å²) in [7, 11) is 0. The van der Waals surface area contributed by atoms with Crippen LogP contribution in [0.4, 0.5) is 5.69 Å². The minimum Gasteiger partial charge on any atom is -0.371 e. The molecule has 1 aliphatic heterocycles. The molecule has 1 saturated heterocycles. The lowest BCUT2D eigenvalue weighted by Gasteiger charge is -2.35. The molecule has 148 valence electrons. The Bertz CT molecular complexity index is 832. The van der Waals surface area contributed by atoms with Crippen molar-refractivity contribution in [3.63, 3.8) is 0 Å². The van der Waals surface area contributed by atoms with Gasteiger partial charge in [-0.15, -0.1) is 0 Å². The molecule has 0 aromatic heterocycles. The van der Waals surface area contributed by atoms with Gasteiger partial charge in [-0.25, -0.2) is 0 Å². The molecule has 5 nitrogen and oxygen atoms in total. The molecule has 28 heavy (non-hydrogen) atoms. The molecule has 1 aliphatic rings. The van der Waals surface area contributed by atoms with Gasteiger partial charge in [-0.1, -0.05) is 42.8 Å². The van der Waals surface area contributed by atoms with Gasteiger partial charge in [0.05, 0.1) is 16.1 Å². The topological polar surface area (TPSA) is 61.4 Å². The maximum Gasteiger partial charge on any atom is 0.253 e. The van der Waals surface area contributed by atoms with Crippen LogP contribution in [-0.4, -0.2) is 37.5 Å². The van der Waals surface area contributed by atoms with Crippen LogP contribution in [0.2, 0.25) is 5.02 Å². The van der Waals surface area contributed by atoms with Crippen molar-refractivity contribution in [2.75, 3.05) is 24.5 Å². The highest BCUT2D eigenvalue weighted by Gasteiger charge is 2.24. The third kappa shape index (κ3) is 4.84. The number of carbonyl (C=O) groups is 2. The fraction of sp³-hybridized carbons (Fsp3) is 0.364. The highest BCUT2D eigenvalue weighted by molar-refractivity contribution is 6.33. The normalized spacial score (nSPS) is 14.6. The zero-order chi connectivity index (χ0) is 19.9. The average Bonchev–Trinajstić information content (AvgIpc) is 2.73. The summed E-state index contributed by atoms with van der Waals surface area (Å²) in [6.07, 6.45) is 2.55. The van der Waals surface area contributed by atoms with Crippen LogP contribution in [-0.2, 0) is 0 Å². The van der Waals surface area contributed by atoms with E-state index in [4.69, 9.17) is 11.6 Å². The molecular weight excluding hydrogens is 374 g/mol. The molecule has 0 unspecified atom stereocenters. The van der Waals surface area contributed by atoms with Crippen LogP contribution in [0.15, 0.2) is 48.5 Å². The van der Waals surface area contributed by atoms with Crippen LogP contribution >= 0.6 is 11.6 Å². The number of nitrogens with one attached hydrogen (secondary N) is 2. The Labute approximate surface area is 171 Å². The third-order valence-electron chi connectivity index (χ3n) is 4.97. The van der Waals surface area contributed by atoms with Crippen LogP contribution in [0.3, 0.4) is 0 Å². The van der Waals surface area contributed by atoms with E-state index in [0.717, 1.165) is 38.0 Å². The molecule has 3 rings (SSSR count). The van der Waals surface area contributed by atoms with Gasteiger partial charge in [-0.05, 0) is 43.5 Å². The Morgan fingerprint density at radius 1 is 1.00 bits per heavy atom. The van der Waals surface area contributed by atoms with E-state index >= 15 is 0 Å². The van der Waals surface area contributed by atoms with E-state index in [1.165, 1.54) is 0 Å². The zero-order valence-corrected chi connectivity index (χ0v) is 16.8. The van der Waals surface area contributed by atoms with Gasteiger partial charge in [-0.3, -0.25) is 9.59 Å². The summed E-state index contributed by atoms with van der Waals surface area (Å²) in [4.78, 5) is 27.1. The van der Waals surface area contributed by atoms with Crippen molar-refractivity contribution >= 4 is 29.1 Å². The molecule has 6 heteroatoms. The second-order valence-electron chi connectivity index (χ2n) is 6.99. The second kappa shape index (κ2) is 9.60. The third-order valence-corrected chi connectivity index (χ3v) is 5.30. The van der Waals surface area contributed by atoms with Crippen LogP contribution in [0, 0.1) is 0 Å². The molecule has 2 aromatic carbocycles. The summed E-state index contributed by atoms with van der Waals surface area (Å²) in [5.41, 5.74) is 2.16. The predicted molar refractivity (Wildman–Crippen MR) is 113 cm³/mol. The maximum atomic E-state index is 12.5. The standard InChI is InChI=1S/C22H26ClN3O2/c1-2-13-24-21(27)18-8-4-6-10-20(18)26-14-11-16(12-15-26)25-22(28)17-7-3-5-9-19(17)23/h3-10,16H,2,11-15H2,1H3,(H,24,27)(H,25,28). The summed E-state index contributed by atoms with van der Waals surface area (Å²) in [6, 6.07) is 14.9. The summed E-state index contributed by atoms with van der Waals surface area (Å²) in [5, 5.41) is 6.50. The number of rotatable bonds is 6. The fourth-order valence-electron chi connectivity index (χ4n) is 3.45.